The standard InChI is InChI=1S/C25H39N3O4/c1-25(2,3)28-12-10-18(11-13-28)17-32-22-8-9-23(26-14-22)19-4-6-20(7-5-19)24(31)27-21(15-29)16-30/h4,8-9,14,18,20-21,29-30H,5-7,10-13,15-17H2,1-3H3,(H,27,31). The summed E-state index contributed by atoms with van der Waals surface area (Å²) in [4.78, 5) is 19.4. The van der Waals surface area contributed by atoms with E-state index in [9.17, 15) is 4.79 Å². The molecule has 0 saturated carbocycles. The Labute approximate surface area is 191 Å². The van der Waals surface area contributed by atoms with Crippen LogP contribution in [0.1, 0.15) is 58.6 Å². The molecule has 0 aromatic carbocycles. The summed E-state index contributed by atoms with van der Waals surface area (Å²) in [6.45, 7) is 9.30. The first kappa shape index (κ1) is 24.7. The van der Waals surface area contributed by atoms with Crippen LogP contribution in [0.5, 0.6) is 5.75 Å². The van der Waals surface area contributed by atoms with Gasteiger partial charge in [0.1, 0.15) is 5.75 Å². The maximum absolute atomic E-state index is 12.3. The first-order valence-corrected chi connectivity index (χ1v) is 11.9. The van der Waals surface area contributed by atoms with E-state index >= 15 is 0 Å². The van der Waals surface area contributed by atoms with Crippen LogP contribution in [0.2, 0.25) is 0 Å². The fraction of sp³-hybridized carbons (Fsp3) is 0.680. The van der Waals surface area contributed by atoms with Crippen LogP contribution in [0.3, 0.4) is 0 Å². The van der Waals surface area contributed by atoms with Gasteiger partial charge in [0.05, 0.1) is 37.8 Å². The topological polar surface area (TPSA) is 94.9 Å². The molecule has 0 radical (unpaired) electrons. The molecule has 1 aliphatic carbocycles. The zero-order chi connectivity index (χ0) is 23.1. The largest absolute Gasteiger partial charge is 0.492 e. The van der Waals surface area contributed by atoms with Crippen LogP contribution >= 0.6 is 0 Å². The molecule has 1 unspecified atom stereocenters. The molecule has 0 spiro atoms. The van der Waals surface area contributed by atoms with Crippen molar-refractivity contribution in [3.63, 3.8) is 0 Å². The van der Waals surface area contributed by atoms with Gasteiger partial charge in [-0.25, -0.2) is 0 Å². The summed E-state index contributed by atoms with van der Waals surface area (Å²) in [6.07, 6.45) is 8.36. The molecule has 32 heavy (non-hydrogen) atoms. The highest BCUT2D eigenvalue weighted by Crippen LogP contribution is 2.30. The van der Waals surface area contributed by atoms with Crippen LogP contribution < -0.4 is 10.1 Å². The summed E-state index contributed by atoms with van der Waals surface area (Å²) in [6, 6.07) is 3.39. The molecule has 1 saturated heterocycles. The van der Waals surface area contributed by atoms with E-state index in [0.29, 0.717) is 12.3 Å². The summed E-state index contributed by atoms with van der Waals surface area (Å²) in [5.41, 5.74) is 2.32. The number of hydrogen-bond acceptors (Lipinski definition) is 6. The Kier molecular flexibility index (Phi) is 8.68. The highest BCUT2D eigenvalue weighted by Gasteiger charge is 2.27. The third-order valence-corrected chi connectivity index (χ3v) is 6.68. The number of carbonyl (C=O) groups excluding carboxylic acids is 1. The molecule has 178 valence electrons. The van der Waals surface area contributed by atoms with Gasteiger partial charge in [0.15, 0.2) is 0 Å². The molecule has 1 aliphatic heterocycles. The van der Waals surface area contributed by atoms with E-state index < -0.39 is 6.04 Å². The Bertz CT molecular complexity index is 760. The Morgan fingerprint density at radius 2 is 1.94 bits per heavy atom. The summed E-state index contributed by atoms with van der Waals surface area (Å²) in [5, 5.41) is 21.0. The van der Waals surface area contributed by atoms with Crippen LogP contribution in [0.4, 0.5) is 0 Å². The van der Waals surface area contributed by atoms with Gasteiger partial charge in [0.2, 0.25) is 5.91 Å². The van der Waals surface area contributed by atoms with Gasteiger partial charge in [0, 0.05) is 11.5 Å². The Morgan fingerprint density at radius 1 is 1.22 bits per heavy atom. The van der Waals surface area contributed by atoms with Crippen molar-refractivity contribution in [2.75, 3.05) is 32.9 Å². The number of piperidine rings is 1. The van der Waals surface area contributed by atoms with E-state index in [1.807, 2.05) is 12.1 Å². The molecule has 1 amide bonds. The highest BCUT2D eigenvalue weighted by atomic mass is 16.5. The molecular formula is C25H39N3O4. The van der Waals surface area contributed by atoms with Crippen molar-refractivity contribution in [2.24, 2.45) is 11.8 Å². The van der Waals surface area contributed by atoms with E-state index in [4.69, 9.17) is 14.9 Å². The van der Waals surface area contributed by atoms with E-state index in [0.717, 1.165) is 49.6 Å². The number of hydrogen-bond donors (Lipinski definition) is 3. The highest BCUT2D eigenvalue weighted by molar-refractivity contribution is 5.80. The molecular weight excluding hydrogens is 406 g/mol. The number of ether oxygens (including phenoxy) is 1. The van der Waals surface area contributed by atoms with E-state index in [-0.39, 0.29) is 30.6 Å². The third kappa shape index (κ3) is 6.77. The number of amides is 1. The normalized spacial score (nSPS) is 20.8. The predicted octanol–water partition coefficient (Wildman–Crippen LogP) is 2.62. The maximum Gasteiger partial charge on any atom is 0.223 e. The second-order valence-corrected chi connectivity index (χ2v) is 10.1. The minimum Gasteiger partial charge on any atom is -0.492 e. The summed E-state index contributed by atoms with van der Waals surface area (Å²) >= 11 is 0. The SMILES string of the molecule is CC(C)(C)N1CCC(COc2ccc(C3=CCC(C(=O)NC(CO)CO)CC3)nc2)CC1. The minimum atomic E-state index is -0.590. The summed E-state index contributed by atoms with van der Waals surface area (Å²) < 4.78 is 6.02. The van der Waals surface area contributed by atoms with Crippen molar-refractivity contribution in [3.05, 3.63) is 30.1 Å². The van der Waals surface area contributed by atoms with Gasteiger partial charge in [-0.2, -0.15) is 0 Å². The number of likely N-dealkylation sites (tertiary alicyclic amines) is 1. The molecule has 1 atom stereocenters. The fourth-order valence-corrected chi connectivity index (χ4v) is 4.41. The maximum atomic E-state index is 12.3. The number of nitrogens with zero attached hydrogens (tertiary/aromatic N) is 2. The molecule has 1 aromatic rings. The molecule has 3 rings (SSSR count). The second-order valence-electron chi connectivity index (χ2n) is 10.1. The van der Waals surface area contributed by atoms with E-state index in [1.54, 1.807) is 6.20 Å². The number of rotatable bonds is 8. The molecule has 3 N–H and O–H groups in total. The van der Waals surface area contributed by atoms with Crippen molar-refractivity contribution in [3.8, 4) is 5.75 Å². The van der Waals surface area contributed by atoms with Gasteiger partial charge in [-0.15, -0.1) is 0 Å². The van der Waals surface area contributed by atoms with Crippen LogP contribution in [-0.2, 0) is 4.79 Å². The lowest BCUT2D eigenvalue weighted by molar-refractivity contribution is -0.126. The molecule has 2 heterocycles. The van der Waals surface area contributed by atoms with E-state index in [2.05, 4.69) is 42.0 Å². The number of allylic oxidation sites excluding steroid dienone is 2. The van der Waals surface area contributed by atoms with Crippen LogP contribution in [0.25, 0.3) is 5.57 Å². The zero-order valence-electron chi connectivity index (χ0n) is 19.7. The molecule has 0 bridgehead atoms. The third-order valence-electron chi connectivity index (χ3n) is 6.68. The van der Waals surface area contributed by atoms with Gasteiger partial charge < -0.3 is 20.3 Å². The molecule has 1 fully saturated rings. The summed E-state index contributed by atoms with van der Waals surface area (Å²) in [5.74, 6) is 1.15. The van der Waals surface area contributed by atoms with Crippen LogP contribution in [-0.4, -0.2) is 70.5 Å². The molecule has 7 nitrogen and oxygen atoms in total. The zero-order valence-corrected chi connectivity index (χ0v) is 19.7. The van der Waals surface area contributed by atoms with Crippen molar-refractivity contribution in [1.82, 2.24) is 15.2 Å². The number of carbonyl (C=O) groups is 1. The van der Waals surface area contributed by atoms with Gasteiger partial charge in [-0.1, -0.05) is 6.08 Å². The average molecular weight is 446 g/mol. The lowest BCUT2D eigenvalue weighted by Gasteiger charge is -2.40. The molecule has 2 aliphatic rings. The summed E-state index contributed by atoms with van der Waals surface area (Å²) in [7, 11) is 0. The first-order valence-electron chi connectivity index (χ1n) is 11.9. The number of pyridine rings is 1. The van der Waals surface area contributed by atoms with Gasteiger partial charge in [0.25, 0.3) is 0 Å². The Hall–Kier alpha value is -1.96. The monoisotopic (exact) mass is 445 g/mol. The van der Waals surface area contributed by atoms with Crippen LogP contribution in [0, 0.1) is 11.8 Å². The van der Waals surface area contributed by atoms with Crippen molar-refractivity contribution in [1.29, 1.82) is 0 Å². The van der Waals surface area contributed by atoms with Gasteiger partial charge in [-0.3, -0.25) is 14.7 Å². The lowest BCUT2D eigenvalue weighted by Crippen LogP contribution is -2.46. The second kappa shape index (κ2) is 11.3. The lowest BCUT2D eigenvalue weighted by atomic mass is 9.87. The van der Waals surface area contributed by atoms with E-state index in [1.165, 1.54) is 12.8 Å². The Balaban J connectivity index is 1.45. The van der Waals surface area contributed by atoms with Crippen LogP contribution in [0.15, 0.2) is 24.4 Å². The number of aromatic nitrogens is 1. The quantitative estimate of drug-likeness (QED) is 0.569. The fourth-order valence-electron chi connectivity index (χ4n) is 4.41. The van der Waals surface area contributed by atoms with Crippen molar-refractivity contribution in [2.45, 2.75) is 64.5 Å². The average Bonchev–Trinajstić information content (AvgIpc) is 2.81. The number of nitrogens with one attached hydrogen (secondary N) is 1. The minimum absolute atomic E-state index is 0.113. The predicted molar refractivity (Wildman–Crippen MR) is 125 cm³/mol. The van der Waals surface area contributed by atoms with Gasteiger partial charge in [-0.05, 0) is 89.6 Å². The number of aliphatic hydroxyl groups excluding tert-OH is 2. The molecule has 7 heteroatoms. The number of aliphatic hydroxyl groups is 2. The smallest absolute Gasteiger partial charge is 0.223 e. The Morgan fingerprint density at radius 3 is 2.47 bits per heavy atom. The van der Waals surface area contributed by atoms with Crippen molar-refractivity contribution >= 4 is 11.5 Å². The molecule has 1 aromatic heterocycles. The van der Waals surface area contributed by atoms with Crippen molar-refractivity contribution < 1.29 is 19.7 Å². The van der Waals surface area contributed by atoms with Gasteiger partial charge >= 0.3 is 0 Å². The first-order chi connectivity index (χ1) is 15.3.